The van der Waals surface area contributed by atoms with Gasteiger partial charge in [0.1, 0.15) is 4.90 Å². The van der Waals surface area contributed by atoms with Crippen LogP contribution < -0.4 is 18.4 Å². The SMILES string of the molecule is COc1cc2c(cc1OC)C1Cc3ccc(OC)c(OS(=O)(=O)c4ccccc4)c3CN1CC2.O=P(O)(O)O. The van der Waals surface area contributed by atoms with Gasteiger partial charge in [0.15, 0.2) is 23.0 Å². The molecule has 0 aromatic heterocycles. The zero-order chi connectivity index (χ0) is 28.4. The van der Waals surface area contributed by atoms with Gasteiger partial charge < -0.3 is 33.1 Å². The molecule has 0 radical (unpaired) electrons. The van der Waals surface area contributed by atoms with Crippen LogP contribution in [0.2, 0.25) is 0 Å². The second-order valence-corrected chi connectivity index (χ2v) is 11.5. The average molecular weight is 580 g/mol. The third-order valence-corrected chi connectivity index (χ3v) is 7.89. The van der Waals surface area contributed by atoms with E-state index in [2.05, 4.69) is 17.0 Å². The number of fused-ring (bicyclic) bond motifs is 4. The fraction of sp³-hybridized carbons (Fsp3) is 0.308. The van der Waals surface area contributed by atoms with Crippen LogP contribution in [-0.2, 0) is 34.1 Å². The number of rotatable bonds is 6. The summed E-state index contributed by atoms with van der Waals surface area (Å²) < 4.78 is 57.2. The minimum atomic E-state index is -4.64. The van der Waals surface area contributed by atoms with Crippen molar-refractivity contribution in [1.29, 1.82) is 0 Å². The molecule has 1 atom stereocenters. The quantitative estimate of drug-likeness (QED) is 0.292. The van der Waals surface area contributed by atoms with Crippen LogP contribution in [0, 0.1) is 0 Å². The Balaban J connectivity index is 0.000000648. The van der Waals surface area contributed by atoms with Crippen LogP contribution in [0.25, 0.3) is 0 Å². The maximum Gasteiger partial charge on any atom is 0.466 e. The summed E-state index contributed by atoms with van der Waals surface area (Å²) in [7, 11) is -3.83. The third-order valence-electron chi connectivity index (χ3n) is 6.65. The van der Waals surface area contributed by atoms with Gasteiger partial charge in [-0.1, -0.05) is 24.3 Å². The van der Waals surface area contributed by atoms with Gasteiger partial charge in [0.2, 0.25) is 0 Å². The second kappa shape index (κ2) is 11.5. The van der Waals surface area contributed by atoms with Crippen LogP contribution in [0.4, 0.5) is 0 Å². The van der Waals surface area contributed by atoms with Crippen LogP contribution >= 0.6 is 7.82 Å². The molecule has 0 spiro atoms. The number of ether oxygens (including phenoxy) is 3. The first-order chi connectivity index (χ1) is 18.4. The maximum atomic E-state index is 13.0. The van der Waals surface area contributed by atoms with E-state index < -0.39 is 17.9 Å². The molecule has 3 aromatic rings. The molecule has 39 heavy (non-hydrogen) atoms. The van der Waals surface area contributed by atoms with Crippen molar-refractivity contribution in [2.24, 2.45) is 0 Å². The molecule has 2 aliphatic rings. The highest BCUT2D eigenvalue weighted by Crippen LogP contribution is 2.46. The number of methoxy groups -OCH3 is 3. The smallest absolute Gasteiger partial charge is 0.466 e. The summed E-state index contributed by atoms with van der Waals surface area (Å²) >= 11 is 0. The van der Waals surface area contributed by atoms with E-state index >= 15 is 0 Å². The minimum absolute atomic E-state index is 0.108. The van der Waals surface area contributed by atoms with Crippen LogP contribution in [0.5, 0.6) is 23.0 Å². The van der Waals surface area contributed by atoms with E-state index in [1.165, 1.54) is 30.4 Å². The Morgan fingerprint density at radius 3 is 2.10 bits per heavy atom. The average Bonchev–Trinajstić information content (AvgIpc) is 2.91. The molecule has 0 aliphatic carbocycles. The number of phosphoric acid groups is 1. The first kappa shape index (κ1) is 28.9. The first-order valence-electron chi connectivity index (χ1n) is 11.9. The highest BCUT2D eigenvalue weighted by Gasteiger charge is 2.36. The molecule has 13 heteroatoms. The van der Waals surface area contributed by atoms with Crippen molar-refractivity contribution >= 4 is 17.9 Å². The molecule has 0 amide bonds. The van der Waals surface area contributed by atoms with E-state index in [-0.39, 0.29) is 16.7 Å². The second-order valence-electron chi connectivity index (χ2n) is 8.94. The van der Waals surface area contributed by atoms with Crippen molar-refractivity contribution in [2.45, 2.75) is 30.3 Å². The lowest BCUT2D eigenvalue weighted by Crippen LogP contribution is -2.39. The number of benzene rings is 3. The van der Waals surface area contributed by atoms with Gasteiger partial charge in [-0.3, -0.25) is 4.90 Å². The van der Waals surface area contributed by atoms with E-state index in [0.717, 1.165) is 36.3 Å². The van der Waals surface area contributed by atoms with Gasteiger partial charge in [-0.2, -0.15) is 8.42 Å². The molecule has 3 aromatic carbocycles. The van der Waals surface area contributed by atoms with Crippen LogP contribution in [0.1, 0.15) is 28.3 Å². The molecule has 1 unspecified atom stereocenters. The van der Waals surface area contributed by atoms with Crippen LogP contribution in [0.15, 0.2) is 59.5 Å². The Kier molecular flexibility index (Phi) is 8.55. The van der Waals surface area contributed by atoms with Gasteiger partial charge in [-0.05, 0) is 59.9 Å². The summed E-state index contributed by atoms with van der Waals surface area (Å²) in [5, 5.41) is 0. The molecular weight excluding hydrogens is 549 g/mol. The summed E-state index contributed by atoms with van der Waals surface area (Å²) in [4.78, 5) is 24.0. The molecular formula is C26H30NO10PS. The molecule has 3 N–H and O–H groups in total. The Labute approximate surface area is 226 Å². The third kappa shape index (κ3) is 6.55. The van der Waals surface area contributed by atoms with Gasteiger partial charge in [-0.25, -0.2) is 4.57 Å². The molecule has 0 saturated carbocycles. The zero-order valence-electron chi connectivity index (χ0n) is 21.6. The van der Waals surface area contributed by atoms with Gasteiger partial charge >= 0.3 is 17.9 Å². The lowest BCUT2D eigenvalue weighted by atomic mass is 9.83. The number of hydrogen-bond donors (Lipinski definition) is 3. The van der Waals surface area contributed by atoms with Crippen molar-refractivity contribution in [3.63, 3.8) is 0 Å². The van der Waals surface area contributed by atoms with Crippen LogP contribution in [-0.4, -0.2) is 55.9 Å². The molecule has 0 saturated heterocycles. The molecule has 0 fully saturated rings. The lowest BCUT2D eigenvalue weighted by molar-refractivity contribution is 0.158. The van der Waals surface area contributed by atoms with E-state index in [9.17, 15) is 8.42 Å². The molecule has 0 bridgehead atoms. The molecule has 210 valence electrons. The molecule has 5 rings (SSSR count). The summed E-state index contributed by atoms with van der Waals surface area (Å²) in [6.07, 6.45) is 1.59. The van der Waals surface area contributed by atoms with E-state index in [1.807, 2.05) is 6.07 Å². The van der Waals surface area contributed by atoms with Crippen molar-refractivity contribution in [2.75, 3.05) is 27.9 Å². The number of hydrogen-bond acceptors (Lipinski definition) is 8. The van der Waals surface area contributed by atoms with E-state index in [4.69, 9.17) is 37.6 Å². The van der Waals surface area contributed by atoms with E-state index in [0.29, 0.717) is 18.0 Å². The highest BCUT2D eigenvalue weighted by atomic mass is 32.2. The van der Waals surface area contributed by atoms with Gasteiger partial charge in [0.05, 0.1) is 21.3 Å². The lowest BCUT2D eigenvalue weighted by Gasteiger charge is -2.42. The fourth-order valence-corrected chi connectivity index (χ4v) is 5.92. The van der Waals surface area contributed by atoms with Crippen molar-refractivity contribution in [3.8, 4) is 23.0 Å². The summed E-state index contributed by atoms with van der Waals surface area (Å²) in [5.74, 6) is 2.11. The van der Waals surface area contributed by atoms with Crippen molar-refractivity contribution in [3.05, 3.63) is 76.9 Å². The Hall–Kier alpha value is -3.12. The standard InChI is InChI=1S/C26H27NO6S.H3O4P/c1-30-23-10-9-17-13-22-20-15-25(32-3)24(31-2)14-18(20)11-12-27(22)16-21(17)26(23)33-34(28,29)19-7-5-4-6-8-19;1-5(2,3)4/h4-10,14-15,22H,11-13,16H2,1-3H3;(H3,1,2,3,4). The summed E-state index contributed by atoms with van der Waals surface area (Å²) in [6.45, 7) is 1.40. The normalized spacial score (nSPS) is 16.5. The highest BCUT2D eigenvalue weighted by molar-refractivity contribution is 7.87. The van der Waals surface area contributed by atoms with Gasteiger partial charge in [-0.15, -0.1) is 0 Å². The molecule has 2 aliphatic heterocycles. The number of nitrogens with zero attached hydrogens (tertiary/aromatic N) is 1. The maximum absolute atomic E-state index is 13.0. The van der Waals surface area contributed by atoms with Gasteiger partial charge in [0.25, 0.3) is 0 Å². The molecule has 11 nitrogen and oxygen atoms in total. The predicted octanol–water partition coefficient (Wildman–Crippen LogP) is 3.21. The largest absolute Gasteiger partial charge is 0.493 e. The Morgan fingerprint density at radius 2 is 1.49 bits per heavy atom. The Bertz CT molecular complexity index is 1480. The van der Waals surface area contributed by atoms with Gasteiger partial charge in [0, 0.05) is 24.7 Å². The first-order valence-corrected chi connectivity index (χ1v) is 14.9. The van der Waals surface area contributed by atoms with Crippen molar-refractivity contribution in [1.82, 2.24) is 4.90 Å². The topological polar surface area (TPSA) is 152 Å². The van der Waals surface area contributed by atoms with Crippen molar-refractivity contribution < 1.29 is 46.1 Å². The summed E-state index contributed by atoms with van der Waals surface area (Å²) in [5.41, 5.74) is 4.35. The van der Waals surface area contributed by atoms with E-state index in [1.54, 1.807) is 38.5 Å². The predicted molar refractivity (Wildman–Crippen MR) is 142 cm³/mol. The minimum Gasteiger partial charge on any atom is -0.493 e. The fourth-order valence-electron chi connectivity index (χ4n) is 4.93. The monoisotopic (exact) mass is 579 g/mol. The Morgan fingerprint density at radius 1 is 0.872 bits per heavy atom. The summed E-state index contributed by atoms with van der Waals surface area (Å²) in [6, 6.07) is 16.2. The molecule has 2 heterocycles. The zero-order valence-corrected chi connectivity index (χ0v) is 23.3. The van der Waals surface area contributed by atoms with Crippen LogP contribution in [0.3, 0.4) is 0 Å².